The molecule has 1 amide bonds. The van der Waals surface area contributed by atoms with Crippen molar-refractivity contribution in [3.05, 3.63) is 29.8 Å². The standard InChI is InChI=1S/C15H19NO3/c1-9(2)10(3)14(17)16-12-7-5-4-6-11(12)8-13(16)15(18)19/h4-7,9-10,13H,8H2,1-3H3,(H,18,19)/t10?,13-/m0/s1. The van der Waals surface area contributed by atoms with E-state index in [-0.39, 0.29) is 17.7 Å². The van der Waals surface area contributed by atoms with Crippen molar-refractivity contribution in [3.8, 4) is 0 Å². The number of amides is 1. The molecule has 2 atom stereocenters. The third kappa shape index (κ3) is 2.35. The minimum atomic E-state index is -0.944. The lowest BCUT2D eigenvalue weighted by Gasteiger charge is -2.27. The fourth-order valence-electron chi connectivity index (χ4n) is 2.36. The van der Waals surface area contributed by atoms with E-state index in [1.165, 1.54) is 4.90 Å². The van der Waals surface area contributed by atoms with Gasteiger partial charge in [0.2, 0.25) is 5.91 Å². The lowest BCUT2D eigenvalue weighted by atomic mass is 9.96. The predicted molar refractivity (Wildman–Crippen MR) is 73.1 cm³/mol. The van der Waals surface area contributed by atoms with E-state index in [1.807, 2.05) is 45.0 Å². The molecule has 1 aliphatic rings. The first-order valence-electron chi connectivity index (χ1n) is 6.57. The van der Waals surface area contributed by atoms with Crippen LogP contribution in [0.3, 0.4) is 0 Å². The van der Waals surface area contributed by atoms with Crippen LogP contribution in [-0.4, -0.2) is 23.0 Å². The fourth-order valence-corrected chi connectivity index (χ4v) is 2.36. The van der Waals surface area contributed by atoms with Crippen LogP contribution >= 0.6 is 0 Å². The molecule has 0 aromatic heterocycles. The van der Waals surface area contributed by atoms with E-state index in [1.54, 1.807) is 0 Å². The van der Waals surface area contributed by atoms with Crippen LogP contribution < -0.4 is 4.90 Å². The van der Waals surface area contributed by atoms with Crippen LogP contribution in [0.25, 0.3) is 0 Å². The largest absolute Gasteiger partial charge is 0.480 e. The lowest BCUT2D eigenvalue weighted by molar-refractivity contribution is -0.140. The van der Waals surface area contributed by atoms with Crippen LogP contribution in [0.5, 0.6) is 0 Å². The molecule has 1 heterocycles. The Morgan fingerprint density at radius 2 is 1.89 bits per heavy atom. The predicted octanol–water partition coefficient (Wildman–Crippen LogP) is 2.32. The molecule has 4 heteroatoms. The molecule has 4 nitrogen and oxygen atoms in total. The van der Waals surface area contributed by atoms with Gasteiger partial charge in [-0.3, -0.25) is 9.69 Å². The number of hydrogen-bond acceptors (Lipinski definition) is 2. The molecule has 19 heavy (non-hydrogen) atoms. The maximum atomic E-state index is 12.5. The molecule has 1 aliphatic heterocycles. The van der Waals surface area contributed by atoms with E-state index < -0.39 is 12.0 Å². The fraction of sp³-hybridized carbons (Fsp3) is 0.467. The number of para-hydroxylation sites is 1. The second kappa shape index (κ2) is 5.03. The molecule has 2 rings (SSSR count). The van der Waals surface area contributed by atoms with E-state index >= 15 is 0 Å². The molecule has 0 bridgehead atoms. The number of carbonyl (C=O) groups excluding carboxylic acids is 1. The highest BCUT2D eigenvalue weighted by atomic mass is 16.4. The SMILES string of the molecule is CC(C)C(C)C(=O)N1c2ccccc2C[C@H]1C(=O)O. The van der Waals surface area contributed by atoms with Gasteiger partial charge < -0.3 is 5.11 Å². The molecular formula is C15H19NO3. The molecular weight excluding hydrogens is 242 g/mol. The van der Waals surface area contributed by atoms with Gasteiger partial charge in [-0.25, -0.2) is 4.79 Å². The summed E-state index contributed by atoms with van der Waals surface area (Å²) < 4.78 is 0. The Labute approximate surface area is 113 Å². The van der Waals surface area contributed by atoms with Gasteiger partial charge in [0, 0.05) is 18.0 Å². The monoisotopic (exact) mass is 261 g/mol. The highest BCUT2D eigenvalue weighted by Gasteiger charge is 2.40. The van der Waals surface area contributed by atoms with E-state index in [4.69, 9.17) is 0 Å². The number of fused-ring (bicyclic) bond motifs is 1. The normalized spacial score (nSPS) is 19.4. The van der Waals surface area contributed by atoms with E-state index in [0.29, 0.717) is 6.42 Å². The number of carboxylic acids is 1. The van der Waals surface area contributed by atoms with Gasteiger partial charge in [0.05, 0.1) is 0 Å². The van der Waals surface area contributed by atoms with Gasteiger partial charge in [-0.1, -0.05) is 39.0 Å². The summed E-state index contributed by atoms with van der Waals surface area (Å²) in [5.74, 6) is -1.05. The second-order valence-electron chi connectivity index (χ2n) is 5.43. The smallest absolute Gasteiger partial charge is 0.327 e. The Kier molecular flexibility index (Phi) is 3.60. The average molecular weight is 261 g/mol. The zero-order valence-electron chi connectivity index (χ0n) is 11.5. The molecule has 1 N–H and O–H groups in total. The third-order valence-corrected chi connectivity index (χ3v) is 3.89. The van der Waals surface area contributed by atoms with Crippen molar-refractivity contribution in [1.29, 1.82) is 0 Å². The summed E-state index contributed by atoms with van der Waals surface area (Å²) in [4.78, 5) is 25.4. The number of hydrogen-bond donors (Lipinski definition) is 1. The van der Waals surface area contributed by atoms with Crippen molar-refractivity contribution in [1.82, 2.24) is 0 Å². The van der Waals surface area contributed by atoms with Crippen LogP contribution in [0.2, 0.25) is 0 Å². The Morgan fingerprint density at radius 1 is 1.26 bits per heavy atom. The summed E-state index contributed by atoms with van der Waals surface area (Å²) in [5.41, 5.74) is 1.67. The van der Waals surface area contributed by atoms with E-state index in [0.717, 1.165) is 11.3 Å². The molecule has 0 aliphatic carbocycles. The van der Waals surface area contributed by atoms with Crippen LogP contribution in [0.1, 0.15) is 26.3 Å². The average Bonchev–Trinajstić information content (AvgIpc) is 2.76. The number of nitrogens with zero attached hydrogens (tertiary/aromatic N) is 1. The zero-order chi connectivity index (χ0) is 14.2. The molecule has 0 fully saturated rings. The van der Waals surface area contributed by atoms with Gasteiger partial charge in [-0.05, 0) is 17.5 Å². The van der Waals surface area contributed by atoms with Crippen molar-refractivity contribution in [2.75, 3.05) is 4.90 Å². The molecule has 0 spiro atoms. The minimum Gasteiger partial charge on any atom is -0.480 e. The van der Waals surface area contributed by atoms with Gasteiger partial charge in [0.15, 0.2) is 0 Å². The summed E-state index contributed by atoms with van der Waals surface area (Å²) in [6, 6.07) is 6.65. The van der Waals surface area contributed by atoms with Gasteiger partial charge >= 0.3 is 5.97 Å². The molecule has 1 unspecified atom stereocenters. The summed E-state index contributed by atoms with van der Waals surface area (Å²) in [6.07, 6.45) is 0.391. The highest BCUT2D eigenvalue weighted by molar-refractivity contribution is 6.02. The number of aliphatic carboxylic acids is 1. The van der Waals surface area contributed by atoms with Crippen molar-refractivity contribution in [3.63, 3.8) is 0 Å². The molecule has 1 aromatic carbocycles. The van der Waals surface area contributed by atoms with Crippen LogP contribution in [0, 0.1) is 11.8 Å². The quantitative estimate of drug-likeness (QED) is 0.908. The van der Waals surface area contributed by atoms with Gasteiger partial charge in [0.25, 0.3) is 0 Å². The van der Waals surface area contributed by atoms with Crippen molar-refractivity contribution in [2.45, 2.75) is 33.2 Å². The number of anilines is 1. The van der Waals surface area contributed by atoms with Crippen molar-refractivity contribution >= 4 is 17.6 Å². The van der Waals surface area contributed by atoms with E-state index in [9.17, 15) is 14.7 Å². The molecule has 0 saturated heterocycles. The summed E-state index contributed by atoms with van der Waals surface area (Å²) in [7, 11) is 0. The first kappa shape index (κ1) is 13.6. The minimum absolute atomic E-state index is 0.104. The Hall–Kier alpha value is -1.84. The Balaban J connectivity index is 2.39. The maximum Gasteiger partial charge on any atom is 0.327 e. The number of rotatable bonds is 3. The third-order valence-electron chi connectivity index (χ3n) is 3.89. The lowest BCUT2D eigenvalue weighted by Crippen LogP contribution is -2.46. The Morgan fingerprint density at radius 3 is 2.47 bits per heavy atom. The van der Waals surface area contributed by atoms with E-state index in [2.05, 4.69) is 0 Å². The van der Waals surface area contributed by atoms with Crippen molar-refractivity contribution < 1.29 is 14.7 Å². The first-order valence-corrected chi connectivity index (χ1v) is 6.57. The topological polar surface area (TPSA) is 57.6 Å². The number of carboxylic acid groups (broad SMARTS) is 1. The molecule has 102 valence electrons. The zero-order valence-corrected chi connectivity index (χ0v) is 11.5. The highest BCUT2D eigenvalue weighted by Crippen LogP contribution is 2.34. The van der Waals surface area contributed by atoms with Gasteiger partial charge in [-0.15, -0.1) is 0 Å². The summed E-state index contributed by atoms with van der Waals surface area (Å²) >= 11 is 0. The second-order valence-corrected chi connectivity index (χ2v) is 5.43. The van der Waals surface area contributed by atoms with Gasteiger partial charge in [-0.2, -0.15) is 0 Å². The van der Waals surface area contributed by atoms with Crippen LogP contribution in [-0.2, 0) is 16.0 Å². The van der Waals surface area contributed by atoms with Crippen molar-refractivity contribution in [2.24, 2.45) is 11.8 Å². The number of benzene rings is 1. The number of carbonyl (C=O) groups is 2. The van der Waals surface area contributed by atoms with Crippen LogP contribution in [0.15, 0.2) is 24.3 Å². The maximum absolute atomic E-state index is 12.5. The first-order chi connectivity index (χ1) is 8.93. The molecule has 1 aromatic rings. The Bertz CT molecular complexity index is 510. The molecule has 0 saturated carbocycles. The van der Waals surface area contributed by atoms with Crippen LogP contribution in [0.4, 0.5) is 5.69 Å². The van der Waals surface area contributed by atoms with Gasteiger partial charge in [0.1, 0.15) is 6.04 Å². The summed E-state index contributed by atoms with van der Waals surface area (Å²) in [5, 5.41) is 9.33. The summed E-state index contributed by atoms with van der Waals surface area (Å²) in [6.45, 7) is 5.80. The molecule has 0 radical (unpaired) electrons.